The third-order valence-corrected chi connectivity index (χ3v) is 5.66. The van der Waals surface area contributed by atoms with E-state index in [0.717, 1.165) is 17.7 Å². The molecule has 32 heavy (non-hydrogen) atoms. The van der Waals surface area contributed by atoms with Gasteiger partial charge < -0.3 is 15.3 Å². The average Bonchev–Trinajstić information content (AvgIpc) is 2.80. The van der Waals surface area contributed by atoms with Gasteiger partial charge in [0.05, 0.1) is 16.7 Å². The standard InChI is InChI=1S/C24H22F3N3O2/c25-24(26,27)19-7-4-8-20(15-19)29-21-10-9-17(16-28-21)22(31)30-13-11-23(32,12-14-30)18-5-2-1-3-6-18/h1-10,15-16,32H,11-14H2,(H,28,29). The molecule has 0 radical (unpaired) electrons. The maximum atomic E-state index is 12.9. The van der Waals surface area contributed by atoms with Gasteiger partial charge in [0.15, 0.2) is 0 Å². The number of carbonyl (C=O) groups is 1. The van der Waals surface area contributed by atoms with Crippen LogP contribution in [0.4, 0.5) is 24.7 Å². The minimum atomic E-state index is -4.43. The van der Waals surface area contributed by atoms with E-state index in [1.54, 1.807) is 17.0 Å². The first kappa shape index (κ1) is 21.8. The number of piperidine rings is 1. The summed E-state index contributed by atoms with van der Waals surface area (Å²) < 4.78 is 38.6. The van der Waals surface area contributed by atoms with E-state index in [1.807, 2.05) is 30.3 Å². The van der Waals surface area contributed by atoms with E-state index in [4.69, 9.17) is 0 Å². The number of hydrogen-bond donors (Lipinski definition) is 2. The lowest BCUT2D eigenvalue weighted by Gasteiger charge is -2.38. The smallest absolute Gasteiger partial charge is 0.385 e. The lowest BCUT2D eigenvalue weighted by Crippen LogP contribution is -2.45. The molecule has 2 aromatic carbocycles. The molecule has 1 fully saturated rings. The van der Waals surface area contributed by atoms with Crippen LogP contribution in [-0.4, -0.2) is 34.0 Å². The Labute approximate surface area is 183 Å². The molecular formula is C24H22F3N3O2. The van der Waals surface area contributed by atoms with Gasteiger partial charge in [0.25, 0.3) is 5.91 Å². The Bertz CT molecular complexity index is 1080. The third kappa shape index (κ3) is 4.75. The molecule has 1 aliphatic heterocycles. The van der Waals surface area contributed by atoms with Crippen LogP contribution in [0, 0.1) is 0 Å². The Balaban J connectivity index is 1.39. The van der Waals surface area contributed by atoms with Gasteiger partial charge in [-0.2, -0.15) is 13.2 Å². The summed E-state index contributed by atoms with van der Waals surface area (Å²) in [6, 6.07) is 17.4. The van der Waals surface area contributed by atoms with Gasteiger partial charge >= 0.3 is 6.18 Å². The van der Waals surface area contributed by atoms with E-state index < -0.39 is 17.3 Å². The molecule has 2 N–H and O–H groups in total. The molecule has 0 bridgehead atoms. The topological polar surface area (TPSA) is 65.5 Å². The quantitative estimate of drug-likeness (QED) is 0.600. The molecule has 3 aromatic rings. The maximum absolute atomic E-state index is 12.9. The van der Waals surface area contributed by atoms with Crippen molar-refractivity contribution in [3.63, 3.8) is 0 Å². The highest BCUT2D eigenvalue weighted by atomic mass is 19.4. The minimum absolute atomic E-state index is 0.196. The van der Waals surface area contributed by atoms with Crippen molar-refractivity contribution in [2.75, 3.05) is 18.4 Å². The highest BCUT2D eigenvalue weighted by Gasteiger charge is 2.35. The zero-order chi connectivity index (χ0) is 22.8. The summed E-state index contributed by atoms with van der Waals surface area (Å²) >= 11 is 0. The minimum Gasteiger partial charge on any atom is -0.385 e. The predicted molar refractivity (Wildman–Crippen MR) is 114 cm³/mol. The number of likely N-dealkylation sites (tertiary alicyclic amines) is 1. The van der Waals surface area contributed by atoms with E-state index in [1.165, 1.54) is 18.3 Å². The van der Waals surface area contributed by atoms with Gasteiger partial charge in [0.1, 0.15) is 5.82 Å². The second-order valence-corrected chi connectivity index (χ2v) is 7.83. The molecule has 2 heterocycles. The fraction of sp³-hybridized carbons (Fsp3) is 0.250. The summed E-state index contributed by atoms with van der Waals surface area (Å²) in [7, 11) is 0. The number of hydrogen-bond acceptors (Lipinski definition) is 4. The van der Waals surface area contributed by atoms with Crippen LogP contribution < -0.4 is 5.32 Å². The summed E-state index contributed by atoms with van der Waals surface area (Å²) in [5, 5.41) is 13.8. The Kier molecular flexibility index (Phi) is 5.88. The zero-order valence-corrected chi connectivity index (χ0v) is 17.1. The van der Waals surface area contributed by atoms with Crippen LogP contribution in [0.2, 0.25) is 0 Å². The molecule has 0 atom stereocenters. The number of amides is 1. The van der Waals surface area contributed by atoms with E-state index in [0.29, 0.717) is 37.3 Å². The second-order valence-electron chi connectivity index (χ2n) is 7.83. The lowest BCUT2D eigenvalue weighted by atomic mass is 9.84. The van der Waals surface area contributed by atoms with Crippen LogP contribution in [0.5, 0.6) is 0 Å². The summed E-state index contributed by atoms with van der Waals surface area (Å²) in [6.07, 6.45) is -2.16. The number of aromatic nitrogens is 1. The number of aliphatic hydroxyl groups is 1. The number of benzene rings is 2. The van der Waals surface area contributed by atoms with Gasteiger partial charge in [-0.1, -0.05) is 36.4 Å². The van der Waals surface area contributed by atoms with Crippen molar-refractivity contribution >= 4 is 17.4 Å². The number of pyridine rings is 1. The molecular weight excluding hydrogens is 419 g/mol. The molecule has 0 unspecified atom stereocenters. The molecule has 0 spiro atoms. The van der Waals surface area contributed by atoms with Crippen molar-refractivity contribution in [1.82, 2.24) is 9.88 Å². The SMILES string of the molecule is O=C(c1ccc(Nc2cccc(C(F)(F)F)c2)nc1)N1CCC(O)(c2ccccc2)CC1. The Morgan fingerprint density at radius 3 is 2.34 bits per heavy atom. The van der Waals surface area contributed by atoms with Gasteiger partial charge in [0, 0.05) is 25.0 Å². The molecule has 1 aromatic heterocycles. The summed E-state index contributed by atoms with van der Waals surface area (Å²) in [5.41, 5.74) is -0.226. The summed E-state index contributed by atoms with van der Waals surface area (Å²) in [5.74, 6) is 0.135. The normalized spacial score (nSPS) is 15.9. The average molecular weight is 441 g/mol. The van der Waals surface area contributed by atoms with Crippen molar-refractivity contribution in [2.45, 2.75) is 24.6 Å². The molecule has 0 aliphatic carbocycles. The van der Waals surface area contributed by atoms with Crippen molar-refractivity contribution in [3.8, 4) is 0 Å². The van der Waals surface area contributed by atoms with Crippen LogP contribution in [0.25, 0.3) is 0 Å². The van der Waals surface area contributed by atoms with Crippen LogP contribution >= 0.6 is 0 Å². The molecule has 1 saturated heterocycles. The number of anilines is 2. The number of halogens is 3. The molecule has 1 aliphatic rings. The second kappa shape index (κ2) is 8.63. The van der Waals surface area contributed by atoms with Crippen LogP contribution in [0.3, 0.4) is 0 Å². The van der Waals surface area contributed by atoms with Crippen LogP contribution in [-0.2, 0) is 11.8 Å². The van der Waals surface area contributed by atoms with E-state index in [9.17, 15) is 23.1 Å². The maximum Gasteiger partial charge on any atom is 0.416 e. The molecule has 0 saturated carbocycles. The van der Waals surface area contributed by atoms with Crippen molar-refractivity contribution in [2.24, 2.45) is 0 Å². The molecule has 166 valence electrons. The first-order valence-electron chi connectivity index (χ1n) is 10.2. The first-order valence-corrected chi connectivity index (χ1v) is 10.2. The van der Waals surface area contributed by atoms with Gasteiger partial charge in [-0.3, -0.25) is 4.79 Å². The predicted octanol–water partition coefficient (Wildman–Crippen LogP) is 4.97. The highest BCUT2D eigenvalue weighted by Crippen LogP contribution is 2.33. The molecule has 4 rings (SSSR count). The van der Waals surface area contributed by atoms with Crippen molar-refractivity contribution in [1.29, 1.82) is 0 Å². The van der Waals surface area contributed by atoms with Gasteiger partial charge in [-0.15, -0.1) is 0 Å². The highest BCUT2D eigenvalue weighted by molar-refractivity contribution is 5.94. The van der Waals surface area contributed by atoms with Crippen LogP contribution in [0.15, 0.2) is 72.9 Å². The number of nitrogens with one attached hydrogen (secondary N) is 1. The summed E-state index contributed by atoms with van der Waals surface area (Å²) in [4.78, 5) is 18.7. The largest absolute Gasteiger partial charge is 0.416 e. The number of rotatable bonds is 4. The number of nitrogens with zero attached hydrogens (tertiary/aromatic N) is 2. The summed E-state index contributed by atoms with van der Waals surface area (Å²) in [6.45, 7) is 0.822. The number of carbonyl (C=O) groups excluding carboxylic acids is 1. The van der Waals surface area contributed by atoms with Crippen molar-refractivity contribution < 1.29 is 23.1 Å². The fourth-order valence-corrected chi connectivity index (χ4v) is 3.81. The molecule has 8 heteroatoms. The monoisotopic (exact) mass is 441 g/mol. The molecule has 5 nitrogen and oxygen atoms in total. The fourth-order valence-electron chi connectivity index (χ4n) is 3.81. The zero-order valence-electron chi connectivity index (χ0n) is 17.1. The Hall–Kier alpha value is -3.39. The number of alkyl halides is 3. The molecule has 1 amide bonds. The van der Waals surface area contributed by atoms with Gasteiger partial charge in [-0.05, 0) is 48.7 Å². The van der Waals surface area contributed by atoms with Gasteiger partial charge in [0.2, 0.25) is 0 Å². The van der Waals surface area contributed by atoms with E-state index >= 15 is 0 Å². The Morgan fingerprint density at radius 2 is 1.72 bits per heavy atom. The third-order valence-electron chi connectivity index (χ3n) is 5.66. The van der Waals surface area contributed by atoms with E-state index in [2.05, 4.69) is 10.3 Å². The van der Waals surface area contributed by atoms with E-state index in [-0.39, 0.29) is 11.6 Å². The first-order chi connectivity index (χ1) is 15.2. The van der Waals surface area contributed by atoms with Crippen LogP contribution in [0.1, 0.15) is 34.3 Å². The van der Waals surface area contributed by atoms with Crippen molar-refractivity contribution in [3.05, 3.63) is 89.6 Å². The van der Waals surface area contributed by atoms with Gasteiger partial charge in [-0.25, -0.2) is 4.98 Å². The Morgan fingerprint density at radius 1 is 1.00 bits per heavy atom. The lowest BCUT2D eigenvalue weighted by molar-refractivity contribution is -0.137.